The third kappa shape index (κ3) is 3.12. The van der Waals surface area contributed by atoms with E-state index in [1.54, 1.807) is 24.6 Å². The average molecular weight is 291 g/mol. The lowest BCUT2D eigenvalue weighted by Crippen LogP contribution is -2.27. The predicted molar refractivity (Wildman–Crippen MR) is 77.0 cm³/mol. The smallest absolute Gasteiger partial charge is 0.335 e. The fraction of sp³-hybridized carbons (Fsp3) is 0.154. The van der Waals surface area contributed by atoms with Gasteiger partial charge >= 0.3 is 5.97 Å². The van der Waals surface area contributed by atoms with Crippen molar-refractivity contribution in [1.82, 2.24) is 4.98 Å². The highest BCUT2D eigenvalue weighted by molar-refractivity contribution is 7.13. The number of aromatic nitrogens is 1. The molecule has 20 heavy (non-hydrogen) atoms. The summed E-state index contributed by atoms with van der Waals surface area (Å²) >= 11 is 1.29. The molecular weight excluding hydrogens is 278 g/mol. The van der Waals surface area contributed by atoms with E-state index in [0.29, 0.717) is 16.5 Å². The van der Waals surface area contributed by atoms with Gasteiger partial charge in [-0.05, 0) is 24.3 Å². The molecule has 0 spiro atoms. The third-order valence-electron chi connectivity index (χ3n) is 2.78. The first-order chi connectivity index (χ1) is 9.47. The van der Waals surface area contributed by atoms with Gasteiger partial charge in [-0.1, -0.05) is 0 Å². The van der Waals surface area contributed by atoms with Crippen molar-refractivity contribution in [2.75, 3.05) is 17.7 Å². The van der Waals surface area contributed by atoms with Gasteiger partial charge in [0.1, 0.15) is 0 Å². The van der Waals surface area contributed by atoms with Crippen molar-refractivity contribution >= 4 is 34.0 Å². The van der Waals surface area contributed by atoms with Gasteiger partial charge in [-0.15, -0.1) is 11.3 Å². The number of carboxylic acids is 1. The molecule has 1 amide bonds. The van der Waals surface area contributed by atoms with Crippen LogP contribution in [0.5, 0.6) is 0 Å². The number of anilines is 2. The van der Waals surface area contributed by atoms with Crippen molar-refractivity contribution in [1.29, 1.82) is 0 Å². The maximum absolute atomic E-state index is 12.1. The molecule has 0 radical (unpaired) electrons. The molecule has 2 rings (SSSR count). The number of hydrogen-bond donors (Lipinski definition) is 2. The van der Waals surface area contributed by atoms with Gasteiger partial charge in [0.25, 0.3) is 0 Å². The maximum atomic E-state index is 12.1. The van der Waals surface area contributed by atoms with Gasteiger partial charge in [-0.2, -0.15) is 0 Å². The van der Waals surface area contributed by atoms with Gasteiger partial charge in [0.15, 0.2) is 5.13 Å². The highest BCUT2D eigenvalue weighted by atomic mass is 32.1. The number of carbonyl (C=O) groups is 2. The summed E-state index contributed by atoms with van der Waals surface area (Å²) in [5.74, 6) is -1.14. The zero-order valence-electron chi connectivity index (χ0n) is 10.7. The summed E-state index contributed by atoms with van der Waals surface area (Å²) in [6, 6.07) is 6.11. The molecule has 104 valence electrons. The van der Waals surface area contributed by atoms with Crippen LogP contribution >= 0.6 is 11.3 Å². The monoisotopic (exact) mass is 291 g/mol. The second-order valence-corrected chi connectivity index (χ2v) is 5.05. The fourth-order valence-electron chi connectivity index (χ4n) is 1.65. The molecule has 1 aromatic carbocycles. The number of aromatic carboxylic acids is 1. The first kappa shape index (κ1) is 14.0. The minimum absolute atomic E-state index is 0.140. The van der Waals surface area contributed by atoms with Crippen LogP contribution in [0.1, 0.15) is 16.1 Å². The summed E-state index contributed by atoms with van der Waals surface area (Å²) in [6.45, 7) is 0. The van der Waals surface area contributed by atoms with Crippen LogP contribution in [0.3, 0.4) is 0 Å². The van der Waals surface area contributed by atoms with Gasteiger partial charge in [-0.25, -0.2) is 9.78 Å². The number of nitrogen functional groups attached to an aromatic ring is 1. The summed E-state index contributed by atoms with van der Waals surface area (Å²) in [4.78, 5) is 28.3. The van der Waals surface area contributed by atoms with Crippen LogP contribution in [0.4, 0.5) is 10.8 Å². The minimum Gasteiger partial charge on any atom is -0.478 e. The van der Waals surface area contributed by atoms with Crippen LogP contribution < -0.4 is 10.6 Å². The lowest BCUT2D eigenvalue weighted by molar-refractivity contribution is -0.117. The van der Waals surface area contributed by atoms with Crippen molar-refractivity contribution in [3.05, 3.63) is 40.9 Å². The Bertz CT molecular complexity index is 637. The van der Waals surface area contributed by atoms with Crippen molar-refractivity contribution in [2.45, 2.75) is 6.42 Å². The quantitative estimate of drug-likeness (QED) is 0.892. The second-order valence-electron chi connectivity index (χ2n) is 4.16. The molecule has 2 aromatic rings. The summed E-state index contributed by atoms with van der Waals surface area (Å²) in [5.41, 5.74) is 6.95. The van der Waals surface area contributed by atoms with Crippen LogP contribution in [0.15, 0.2) is 29.6 Å². The Labute approximate surface area is 119 Å². The van der Waals surface area contributed by atoms with Crippen LogP contribution in [-0.4, -0.2) is 29.0 Å². The Morgan fingerprint density at radius 2 is 2.00 bits per heavy atom. The Morgan fingerprint density at radius 1 is 1.35 bits per heavy atom. The molecule has 0 aliphatic heterocycles. The van der Waals surface area contributed by atoms with Gasteiger partial charge in [0.05, 0.1) is 17.7 Å². The Morgan fingerprint density at radius 3 is 2.50 bits per heavy atom. The Kier molecular flexibility index (Phi) is 3.99. The number of thiazole rings is 1. The Hall–Kier alpha value is -2.41. The van der Waals surface area contributed by atoms with Crippen molar-refractivity contribution < 1.29 is 14.7 Å². The Balaban J connectivity index is 2.08. The van der Waals surface area contributed by atoms with Crippen molar-refractivity contribution in [3.8, 4) is 0 Å². The molecule has 0 bridgehead atoms. The normalized spacial score (nSPS) is 10.2. The van der Waals surface area contributed by atoms with E-state index in [1.807, 2.05) is 0 Å². The molecule has 0 unspecified atom stereocenters. The van der Waals surface area contributed by atoms with E-state index < -0.39 is 5.97 Å². The third-order valence-corrected chi connectivity index (χ3v) is 3.50. The predicted octanol–water partition coefficient (Wildman–Crippen LogP) is 1.63. The van der Waals surface area contributed by atoms with Crippen LogP contribution in [0.25, 0.3) is 0 Å². The molecule has 0 aliphatic carbocycles. The van der Waals surface area contributed by atoms with Crippen LogP contribution in [0, 0.1) is 0 Å². The van der Waals surface area contributed by atoms with E-state index >= 15 is 0 Å². The minimum atomic E-state index is -0.997. The van der Waals surface area contributed by atoms with E-state index in [-0.39, 0.29) is 17.9 Å². The number of likely N-dealkylation sites (N-methyl/N-ethyl adjacent to an activating group) is 1. The van der Waals surface area contributed by atoms with Gasteiger partial charge in [0.2, 0.25) is 5.91 Å². The number of carbonyl (C=O) groups excluding carboxylic acids is 1. The molecule has 1 aromatic heterocycles. The lowest BCUT2D eigenvalue weighted by Gasteiger charge is -2.16. The summed E-state index contributed by atoms with van der Waals surface area (Å²) in [7, 11) is 1.63. The summed E-state index contributed by atoms with van der Waals surface area (Å²) in [5, 5.41) is 11.0. The molecule has 7 heteroatoms. The maximum Gasteiger partial charge on any atom is 0.335 e. The van der Waals surface area contributed by atoms with Crippen LogP contribution in [-0.2, 0) is 11.2 Å². The van der Waals surface area contributed by atoms with Crippen molar-refractivity contribution in [3.63, 3.8) is 0 Å². The van der Waals surface area contributed by atoms with Crippen LogP contribution in [0.2, 0.25) is 0 Å². The van der Waals surface area contributed by atoms with Crippen molar-refractivity contribution in [2.24, 2.45) is 0 Å². The van der Waals surface area contributed by atoms with Gasteiger partial charge < -0.3 is 15.7 Å². The molecule has 6 nitrogen and oxygen atoms in total. The van der Waals surface area contributed by atoms with E-state index in [1.165, 1.54) is 28.4 Å². The fourth-order valence-corrected chi connectivity index (χ4v) is 2.21. The largest absolute Gasteiger partial charge is 0.478 e. The number of benzene rings is 1. The molecule has 0 aliphatic rings. The van der Waals surface area contributed by atoms with E-state index in [9.17, 15) is 9.59 Å². The van der Waals surface area contributed by atoms with E-state index in [4.69, 9.17) is 10.8 Å². The highest BCUT2D eigenvalue weighted by Gasteiger charge is 2.14. The molecular formula is C13H13N3O3S. The first-order valence-electron chi connectivity index (χ1n) is 5.77. The topological polar surface area (TPSA) is 96.5 Å². The highest BCUT2D eigenvalue weighted by Crippen LogP contribution is 2.17. The molecule has 0 saturated heterocycles. The number of rotatable bonds is 4. The number of hydrogen-bond acceptors (Lipinski definition) is 5. The summed E-state index contributed by atoms with van der Waals surface area (Å²) < 4.78 is 0. The SMILES string of the molecule is CN(C(=O)Cc1csc(N)n1)c1ccc(C(=O)O)cc1. The van der Waals surface area contributed by atoms with E-state index in [2.05, 4.69) is 4.98 Å². The van der Waals surface area contributed by atoms with Gasteiger partial charge in [0, 0.05) is 18.1 Å². The average Bonchev–Trinajstić information content (AvgIpc) is 2.83. The standard InChI is InChI=1S/C13H13N3O3S/c1-16(10-4-2-8(3-5-10)12(18)19)11(17)6-9-7-20-13(14)15-9/h2-5,7H,6H2,1H3,(H2,14,15)(H,18,19). The number of amides is 1. The zero-order valence-corrected chi connectivity index (χ0v) is 11.6. The molecule has 0 fully saturated rings. The molecule has 3 N–H and O–H groups in total. The number of nitrogens with zero attached hydrogens (tertiary/aromatic N) is 2. The molecule has 0 saturated carbocycles. The number of carboxylic acid groups (broad SMARTS) is 1. The molecule has 0 atom stereocenters. The summed E-state index contributed by atoms with van der Waals surface area (Å²) in [6.07, 6.45) is 0.158. The lowest BCUT2D eigenvalue weighted by atomic mass is 10.2. The molecule has 1 heterocycles. The van der Waals surface area contributed by atoms with E-state index in [0.717, 1.165) is 0 Å². The first-order valence-corrected chi connectivity index (χ1v) is 6.65. The number of nitrogens with two attached hydrogens (primary N) is 1. The van der Waals surface area contributed by atoms with Gasteiger partial charge in [-0.3, -0.25) is 4.79 Å². The second kappa shape index (κ2) is 5.70. The zero-order chi connectivity index (χ0) is 14.7.